The maximum absolute atomic E-state index is 12.5. The standard InChI is InChI=1S/C30H47O9PS/c1-5-6-15-41(35)16-7-8-21-17-22-18-23(39-40(33,34)37-19-36-29(32)38-20(2)3)9-10-24(22)25-13-14-30(4)26(28(21)25)11-12-27(30)31/h9-10,18,20-21,25-28,31H,5-8,11-17,19H2,1-4H3,(H,33,34)/t21-,25-,26+,27+,28-,30+,41?/m1/s1. The first-order valence-corrected chi connectivity index (χ1v) is 18.1. The first kappa shape index (κ1) is 32.5. The molecule has 2 saturated carbocycles. The van der Waals surface area contributed by atoms with Crippen molar-refractivity contribution in [2.45, 2.75) is 104 Å². The Morgan fingerprint density at radius 1 is 1.20 bits per heavy atom. The van der Waals surface area contributed by atoms with Gasteiger partial charge < -0.3 is 19.1 Å². The average Bonchev–Trinajstić information content (AvgIpc) is 3.20. The largest absolute Gasteiger partial charge is 0.530 e. The minimum Gasteiger partial charge on any atom is -0.432 e. The monoisotopic (exact) mass is 614 g/mol. The van der Waals surface area contributed by atoms with E-state index in [-0.39, 0.29) is 17.3 Å². The zero-order chi connectivity index (χ0) is 29.8. The average molecular weight is 615 g/mol. The predicted molar refractivity (Wildman–Crippen MR) is 157 cm³/mol. The molecule has 0 aliphatic heterocycles. The minimum absolute atomic E-state index is 0.0611. The summed E-state index contributed by atoms with van der Waals surface area (Å²) in [5, 5.41) is 10.9. The van der Waals surface area contributed by atoms with Crippen molar-refractivity contribution in [1.29, 1.82) is 0 Å². The molecule has 1 aromatic carbocycles. The van der Waals surface area contributed by atoms with Gasteiger partial charge in [-0.2, -0.15) is 0 Å². The van der Waals surface area contributed by atoms with E-state index in [1.807, 2.05) is 12.1 Å². The summed E-state index contributed by atoms with van der Waals surface area (Å²) < 4.78 is 44.7. The van der Waals surface area contributed by atoms with E-state index in [1.165, 1.54) is 5.56 Å². The molecule has 0 radical (unpaired) electrons. The number of ether oxygens (including phenoxy) is 2. The molecule has 232 valence electrons. The lowest BCUT2D eigenvalue weighted by Gasteiger charge is -2.53. The van der Waals surface area contributed by atoms with Gasteiger partial charge in [-0.3, -0.25) is 9.10 Å². The minimum atomic E-state index is -4.55. The second kappa shape index (κ2) is 13.9. The first-order chi connectivity index (χ1) is 19.4. The second-order valence-corrected chi connectivity index (χ2v) is 15.5. The van der Waals surface area contributed by atoms with Crippen molar-refractivity contribution < 1.29 is 42.1 Å². The van der Waals surface area contributed by atoms with Crippen LogP contribution in [0.5, 0.6) is 5.75 Å². The van der Waals surface area contributed by atoms with Crippen LogP contribution in [0.1, 0.15) is 96.1 Å². The topological polar surface area (TPSA) is 129 Å². The number of phosphoric acid groups is 1. The van der Waals surface area contributed by atoms with Crippen molar-refractivity contribution in [1.82, 2.24) is 0 Å². The van der Waals surface area contributed by atoms with Crippen LogP contribution in [-0.4, -0.2) is 50.9 Å². The van der Waals surface area contributed by atoms with E-state index < -0.39 is 37.7 Å². The molecule has 0 aromatic heterocycles. The molecule has 11 heteroatoms. The van der Waals surface area contributed by atoms with Crippen molar-refractivity contribution in [2.75, 3.05) is 18.3 Å². The molecule has 2 N–H and O–H groups in total. The Kier molecular flexibility index (Phi) is 11.0. The Hall–Kier alpha value is -1.45. The third-order valence-electron chi connectivity index (χ3n) is 9.44. The van der Waals surface area contributed by atoms with Crippen LogP contribution in [-0.2, 0) is 35.8 Å². The molecule has 9 nitrogen and oxygen atoms in total. The molecule has 3 aliphatic rings. The highest BCUT2D eigenvalue weighted by Crippen LogP contribution is 2.63. The number of aliphatic hydroxyl groups is 1. The van der Waals surface area contributed by atoms with Gasteiger partial charge in [0.15, 0.2) is 0 Å². The predicted octanol–water partition coefficient (Wildman–Crippen LogP) is 6.47. The normalized spacial score (nSPS) is 31.0. The van der Waals surface area contributed by atoms with E-state index in [0.29, 0.717) is 29.4 Å². The molecule has 2 fully saturated rings. The van der Waals surface area contributed by atoms with Gasteiger partial charge in [-0.1, -0.05) is 26.3 Å². The van der Waals surface area contributed by atoms with Crippen LogP contribution in [0.15, 0.2) is 18.2 Å². The third-order valence-corrected chi connectivity index (χ3v) is 11.8. The van der Waals surface area contributed by atoms with Gasteiger partial charge in [0, 0.05) is 22.3 Å². The Bertz CT molecular complexity index is 1130. The molecular weight excluding hydrogens is 567 g/mol. The second-order valence-electron chi connectivity index (χ2n) is 12.5. The smallest absolute Gasteiger partial charge is 0.432 e. The van der Waals surface area contributed by atoms with E-state index in [1.54, 1.807) is 19.9 Å². The quantitative estimate of drug-likeness (QED) is 0.146. The highest BCUT2D eigenvalue weighted by atomic mass is 32.2. The van der Waals surface area contributed by atoms with Gasteiger partial charge in [0.25, 0.3) is 0 Å². The molecule has 0 bridgehead atoms. The van der Waals surface area contributed by atoms with Gasteiger partial charge >= 0.3 is 14.0 Å². The van der Waals surface area contributed by atoms with Crippen LogP contribution in [0, 0.1) is 23.2 Å². The maximum atomic E-state index is 12.5. The molecule has 0 saturated heterocycles. The number of carbonyl (C=O) groups excluding carboxylic acids is 1. The molecular formula is C30H47O9PS. The number of hydrogen-bond donors (Lipinski definition) is 2. The Labute approximate surface area is 246 Å². The lowest BCUT2D eigenvalue weighted by molar-refractivity contribution is -0.0393. The summed E-state index contributed by atoms with van der Waals surface area (Å²) >= 11 is 0. The molecule has 0 amide bonds. The van der Waals surface area contributed by atoms with E-state index in [9.17, 15) is 23.6 Å². The summed E-state index contributed by atoms with van der Waals surface area (Å²) in [6, 6.07) is 5.53. The van der Waals surface area contributed by atoms with Gasteiger partial charge in [-0.05, 0) is 118 Å². The van der Waals surface area contributed by atoms with Crippen LogP contribution < -0.4 is 4.52 Å². The molecule has 2 unspecified atom stereocenters. The summed E-state index contributed by atoms with van der Waals surface area (Å²) in [4.78, 5) is 21.7. The molecule has 4 rings (SSSR count). The van der Waals surface area contributed by atoms with Crippen LogP contribution in [0.2, 0.25) is 0 Å². The van der Waals surface area contributed by atoms with Crippen LogP contribution in [0.3, 0.4) is 0 Å². The van der Waals surface area contributed by atoms with E-state index in [4.69, 9.17) is 13.8 Å². The van der Waals surface area contributed by atoms with E-state index >= 15 is 0 Å². The van der Waals surface area contributed by atoms with Crippen LogP contribution in [0.25, 0.3) is 0 Å². The number of benzene rings is 1. The lowest BCUT2D eigenvalue weighted by atomic mass is 9.52. The van der Waals surface area contributed by atoms with Crippen molar-refractivity contribution in [3.63, 3.8) is 0 Å². The molecule has 41 heavy (non-hydrogen) atoms. The molecule has 0 spiro atoms. The summed E-state index contributed by atoms with van der Waals surface area (Å²) in [6.07, 6.45) is 6.92. The van der Waals surface area contributed by atoms with Crippen molar-refractivity contribution in [3.05, 3.63) is 29.3 Å². The molecule has 3 aliphatic carbocycles. The summed E-state index contributed by atoms with van der Waals surface area (Å²) in [5.41, 5.74) is 2.29. The Morgan fingerprint density at radius 2 is 1.95 bits per heavy atom. The number of fused-ring (bicyclic) bond motifs is 5. The van der Waals surface area contributed by atoms with Crippen molar-refractivity contribution in [3.8, 4) is 5.75 Å². The number of phosphoric ester groups is 1. The van der Waals surface area contributed by atoms with E-state index in [0.717, 1.165) is 69.1 Å². The van der Waals surface area contributed by atoms with Crippen LogP contribution >= 0.6 is 7.82 Å². The van der Waals surface area contributed by atoms with Crippen molar-refractivity contribution in [2.24, 2.45) is 23.2 Å². The lowest BCUT2D eigenvalue weighted by Crippen LogP contribution is -2.47. The number of hydrogen-bond acceptors (Lipinski definition) is 8. The number of rotatable bonds is 13. The zero-order valence-corrected chi connectivity index (χ0v) is 26.5. The van der Waals surface area contributed by atoms with Gasteiger partial charge in [0.05, 0.1) is 12.2 Å². The molecule has 8 atom stereocenters. The molecule has 0 heterocycles. The third kappa shape index (κ3) is 7.94. The van der Waals surface area contributed by atoms with Crippen LogP contribution in [0.4, 0.5) is 4.79 Å². The zero-order valence-electron chi connectivity index (χ0n) is 24.8. The highest BCUT2D eigenvalue weighted by Gasteiger charge is 2.56. The summed E-state index contributed by atoms with van der Waals surface area (Å²) in [5.74, 6) is 3.31. The van der Waals surface area contributed by atoms with Gasteiger partial charge in [-0.15, -0.1) is 0 Å². The van der Waals surface area contributed by atoms with Gasteiger partial charge in [-0.25, -0.2) is 13.9 Å². The molecule has 1 aromatic rings. The fourth-order valence-electron chi connectivity index (χ4n) is 7.52. The number of carbonyl (C=O) groups is 1. The Balaban J connectivity index is 1.48. The van der Waals surface area contributed by atoms with Gasteiger partial charge in [0.2, 0.25) is 6.79 Å². The highest BCUT2D eigenvalue weighted by molar-refractivity contribution is 7.84. The summed E-state index contributed by atoms with van der Waals surface area (Å²) in [7, 11) is -5.34. The van der Waals surface area contributed by atoms with E-state index in [2.05, 4.69) is 18.6 Å². The summed E-state index contributed by atoms with van der Waals surface area (Å²) in [6.45, 7) is 6.91. The fraction of sp³-hybridized carbons (Fsp3) is 0.767. The Morgan fingerprint density at radius 3 is 2.68 bits per heavy atom. The SMILES string of the molecule is CCCCS(=O)CCC[C@@H]1Cc2cc(OP(=O)(O)OCOC(=O)OC(C)C)ccc2[C@H]2CC[C@]3(C)[C@@H](O)CC[C@H]3[C@H]12. The maximum Gasteiger partial charge on any atom is 0.530 e. The first-order valence-electron chi connectivity index (χ1n) is 15.1. The number of unbranched alkanes of at least 4 members (excludes halogenated alkanes) is 1. The fourth-order valence-corrected chi connectivity index (χ4v) is 9.44. The van der Waals surface area contributed by atoms with Crippen molar-refractivity contribution >= 4 is 24.8 Å². The van der Waals surface area contributed by atoms with Gasteiger partial charge in [0.1, 0.15) is 5.75 Å². The number of aliphatic hydroxyl groups excluding tert-OH is 1.